The van der Waals surface area contributed by atoms with Crippen molar-refractivity contribution in [2.75, 3.05) is 21.3 Å². The van der Waals surface area contributed by atoms with E-state index in [1.165, 1.54) is 15.8 Å². The van der Waals surface area contributed by atoms with Gasteiger partial charge in [0.2, 0.25) is 5.75 Å². The van der Waals surface area contributed by atoms with Crippen LogP contribution in [0.1, 0.15) is 40.2 Å². The van der Waals surface area contributed by atoms with Gasteiger partial charge < -0.3 is 14.2 Å². The minimum Gasteiger partial charge on any atom is -0.493 e. The molecule has 2 atom stereocenters. The molecule has 34 heavy (non-hydrogen) atoms. The molecule has 2 unspecified atom stereocenters. The predicted molar refractivity (Wildman–Crippen MR) is 136 cm³/mol. The Balaban J connectivity index is 1.47. The molecule has 0 aliphatic heterocycles. The first kappa shape index (κ1) is 22.4. The van der Waals surface area contributed by atoms with E-state index >= 15 is 0 Å². The quantitative estimate of drug-likeness (QED) is 0.280. The largest absolute Gasteiger partial charge is 0.493 e. The molecule has 0 amide bonds. The smallest absolute Gasteiger partial charge is 0.203 e. The van der Waals surface area contributed by atoms with Crippen molar-refractivity contribution in [3.05, 3.63) is 71.3 Å². The number of thiazole rings is 1. The maximum Gasteiger partial charge on any atom is 0.203 e. The number of fused-ring (bicyclic) bond motifs is 1. The summed E-state index contributed by atoms with van der Waals surface area (Å²) in [4.78, 5) is 18.4. The van der Waals surface area contributed by atoms with Gasteiger partial charge in [0.15, 0.2) is 17.3 Å². The van der Waals surface area contributed by atoms with Crippen molar-refractivity contribution in [1.29, 1.82) is 0 Å². The van der Waals surface area contributed by atoms with Crippen molar-refractivity contribution in [1.82, 2.24) is 4.98 Å². The molecule has 0 N–H and O–H groups in total. The highest BCUT2D eigenvalue weighted by Crippen LogP contribution is 2.48. The molecule has 174 valence electrons. The van der Waals surface area contributed by atoms with Gasteiger partial charge >= 0.3 is 0 Å². The van der Waals surface area contributed by atoms with Crippen LogP contribution in [0.15, 0.2) is 54.6 Å². The van der Waals surface area contributed by atoms with Crippen LogP contribution in [0, 0.1) is 12.8 Å². The molecule has 0 spiro atoms. The first-order valence-electron chi connectivity index (χ1n) is 11.3. The van der Waals surface area contributed by atoms with Gasteiger partial charge in [-0.05, 0) is 61.1 Å². The SMILES string of the molecule is COc1cc(C(=O)C2CCC2c2cccc(-c3nc4ccccc4s3)c2C)cc(OC)c1OC. The van der Waals surface area contributed by atoms with E-state index in [0.717, 1.165) is 28.9 Å². The summed E-state index contributed by atoms with van der Waals surface area (Å²) < 4.78 is 17.5. The number of ketones is 1. The maximum absolute atomic E-state index is 13.6. The number of Topliss-reactive ketones (excluding diaryl/α,β-unsaturated/α-hetero) is 1. The molecule has 5 rings (SSSR count). The molecule has 4 aromatic rings. The first-order chi connectivity index (χ1) is 16.5. The van der Waals surface area contributed by atoms with Gasteiger partial charge in [0.25, 0.3) is 0 Å². The standard InChI is InChI=1S/C28H27NO4S/c1-16-18(8-7-9-19(16)28-29-22-10-5-6-11-25(22)34-28)20-12-13-21(20)26(30)17-14-23(31-2)27(33-4)24(15-17)32-3/h5-11,14-15,20-21H,12-13H2,1-4H3. The normalized spacial score (nSPS) is 17.3. The number of aromatic nitrogens is 1. The van der Waals surface area contributed by atoms with Crippen molar-refractivity contribution < 1.29 is 19.0 Å². The number of ether oxygens (including phenoxy) is 3. The third-order valence-electron chi connectivity index (χ3n) is 6.86. The molecule has 1 aromatic heterocycles. The molecule has 1 fully saturated rings. The van der Waals surface area contributed by atoms with Crippen LogP contribution in [0.25, 0.3) is 20.8 Å². The summed E-state index contributed by atoms with van der Waals surface area (Å²) in [7, 11) is 4.69. The van der Waals surface area contributed by atoms with Gasteiger partial charge in [-0.15, -0.1) is 11.3 Å². The van der Waals surface area contributed by atoms with Gasteiger partial charge in [-0.25, -0.2) is 4.98 Å². The summed E-state index contributed by atoms with van der Waals surface area (Å²) in [5.74, 6) is 1.70. The van der Waals surface area contributed by atoms with E-state index in [-0.39, 0.29) is 17.6 Å². The fourth-order valence-electron chi connectivity index (χ4n) is 4.90. The molecule has 5 nitrogen and oxygen atoms in total. The summed E-state index contributed by atoms with van der Waals surface area (Å²) >= 11 is 1.71. The molecule has 1 saturated carbocycles. The fraction of sp³-hybridized carbons (Fsp3) is 0.286. The van der Waals surface area contributed by atoms with Gasteiger partial charge in [-0.3, -0.25) is 4.79 Å². The minimum atomic E-state index is -0.0767. The van der Waals surface area contributed by atoms with Crippen LogP contribution in [0.4, 0.5) is 0 Å². The van der Waals surface area contributed by atoms with Crippen LogP contribution in [-0.2, 0) is 0 Å². The zero-order chi connectivity index (χ0) is 23.8. The van der Waals surface area contributed by atoms with Crippen molar-refractivity contribution in [2.45, 2.75) is 25.7 Å². The van der Waals surface area contributed by atoms with Gasteiger partial charge in [0.05, 0.1) is 31.5 Å². The minimum absolute atomic E-state index is 0.0767. The number of rotatable bonds is 7. The zero-order valence-corrected chi connectivity index (χ0v) is 20.6. The number of carbonyl (C=O) groups excluding carboxylic acids is 1. The zero-order valence-electron chi connectivity index (χ0n) is 19.8. The van der Waals surface area contributed by atoms with E-state index in [4.69, 9.17) is 19.2 Å². The van der Waals surface area contributed by atoms with Crippen molar-refractivity contribution in [2.24, 2.45) is 5.92 Å². The second-order valence-electron chi connectivity index (χ2n) is 8.58. The topological polar surface area (TPSA) is 57.7 Å². The maximum atomic E-state index is 13.6. The average molecular weight is 474 g/mol. The Morgan fingerprint density at radius 1 is 0.941 bits per heavy atom. The van der Waals surface area contributed by atoms with E-state index in [1.807, 2.05) is 18.2 Å². The summed E-state index contributed by atoms with van der Waals surface area (Å²) in [5, 5.41) is 1.02. The van der Waals surface area contributed by atoms with Gasteiger partial charge in [0.1, 0.15) is 5.01 Å². The molecule has 0 saturated heterocycles. The van der Waals surface area contributed by atoms with E-state index in [0.29, 0.717) is 22.8 Å². The number of hydrogen-bond acceptors (Lipinski definition) is 6. The van der Waals surface area contributed by atoms with E-state index in [1.54, 1.807) is 44.8 Å². The van der Waals surface area contributed by atoms with Crippen molar-refractivity contribution >= 4 is 27.3 Å². The molecule has 3 aromatic carbocycles. The summed E-state index contributed by atoms with van der Waals surface area (Å²) in [6.07, 6.45) is 1.86. The lowest BCUT2D eigenvalue weighted by molar-refractivity contribution is 0.0818. The van der Waals surface area contributed by atoms with Crippen molar-refractivity contribution in [3.8, 4) is 27.8 Å². The predicted octanol–water partition coefficient (Wildman–Crippen LogP) is 6.67. The van der Waals surface area contributed by atoms with Gasteiger partial charge in [0, 0.05) is 17.0 Å². The Hall–Kier alpha value is -3.38. The Kier molecular flexibility index (Phi) is 6.00. The number of nitrogens with zero attached hydrogens (tertiary/aromatic N) is 1. The molecule has 0 radical (unpaired) electrons. The van der Waals surface area contributed by atoms with E-state index in [2.05, 4.69) is 31.2 Å². The lowest BCUT2D eigenvalue weighted by atomic mass is 9.66. The Morgan fingerprint density at radius 3 is 2.29 bits per heavy atom. The van der Waals surface area contributed by atoms with Crippen LogP contribution in [0.5, 0.6) is 17.2 Å². The van der Waals surface area contributed by atoms with Gasteiger partial charge in [-0.2, -0.15) is 0 Å². The van der Waals surface area contributed by atoms with Crippen LogP contribution in [0.3, 0.4) is 0 Å². The van der Waals surface area contributed by atoms with Gasteiger partial charge in [-0.1, -0.05) is 30.3 Å². The van der Waals surface area contributed by atoms with Crippen LogP contribution in [-0.4, -0.2) is 32.1 Å². The number of benzene rings is 3. The highest BCUT2D eigenvalue weighted by molar-refractivity contribution is 7.21. The number of para-hydroxylation sites is 1. The Bertz CT molecular complexity index is 1320. The highest BCUT2D eigenvalue weighted by Gasteiger charge is 2.39. The monoisotopic (exact) mass is 473 g/mol. The number of carbonyl (C=O) groups is 1. The summed E-state index contributed by atoms with van der Waals surface area (Å²) in [5.41, 5.74) is 5.18. The average Bonchev–Trinajstić information content (AvgIpc) is 3.27. The molecule has 6 heteroatoms. The van der Waals surface area contributed by atoms with Crippen LogP contribution < -0.4 is 14.2 Å². The lowest BCUT2D eigenvalue weighted by Gasteiger charge is -2.37. The first-order valence-corrected chi connectivity index (χ1v) is 12.2. The van der Waals surface area contributed by atoms with Crippen molar-refractivity contribution in [3.63, 3.8) is 0 Å². The van der Waals surface area contributed by atoms with E-state index in [9.17, 15) is 4.79 Å². The molecule has 0 bridgehead atoms. The van der Waals surface area contributed by atoms with E-state index < -0.39 is 0 Å². The Labute approximate surface area is 203 Å². The lowest BCUT2D eigenvalue weighted by Crippen LogP contribution is -2.32. The Morgan fingerprint density at radius 2 is 1.68 bits per heavy atom. The highest BCUT2D eigenvalue weighted by atomic mass is 32.1. The molecule has 1 aliphatic carbocycles. The molecular formula is C28H27NO4S. The molecule has 1 heterocycles. The third-order valence-corrected chi connectivity index (χ3v) is 7.93. The second kappa shape index (κ2) is 9.11. The fourth-order valence-corrected chi connectivity index (χ4v) is 5.95. The van der Waals surface area contributed by atoms with Crippen LogP contribution in [0.2, 0.25) is 0 Å². The second-order valence-corrected chi connectivity index (χ2v) is 9.61. The third kappa shape index (κ3) is 3.72. The molecule has 1 aliphatic rings. The number of hydrogen-bond donors (Lipinski definition) is 0. The summed E-state index contributed by atoms with van der Waals surface area (Å²) in [6, 6.07) is 18.1. The number of methoxy groups -OCH3 is 3. The molecular weight excluding hydrogens is 446 g/mol. The van der Waals surface area contributed by atoms with Crippen LogP contribution >= 0.6 is 11.3 Å². The summed E-state index contributed by atoms with van der Waals surface area (Å²) in [6.45, 7) is 2.15.